The number of amides is 1. The molecule has 19 heavy (non-hydrogen) atoms. The van der Waals surface area contributed by atoms with E-state index >= 15 is 0 Å². The number of halogens is 3. The molecule has 0 aliphatic carbocycles. The van der Waals surface area contributed by atoms with E-state index < -0.39 is 29.6 Å². The summed E-state index contributed by atoms with van der Waals surface area (Å²) in [7, 11) is 0. The smallest absolute Gasteiger partial charge is 0.444 e. The third-order valence-electron chi connectivity index (χ3n) is 2.80. The van der Waals surface area contributed by atoms with Gasteiger partial charge in [-0.1, -0.05) is 0 Å². The summed E-state index contributed by atoms with van der Waals surface area (Å²) in [5, 5.41) is 0. The van der Waals surface area contributed by atoms with E-state index in [1.807, 2.05) is 0 Å². The topological polar surface area (TPSA) is 46.6 Å². The summed E-state index contributed by atoms with van der Waals surface area (Å²) in [6.45, 7) is 5.36. The van der Waals surface area contributed by atoms with Gasteiger partial charge in [-0.25, -0.2) is 4.79 Å². The average Bonchev–Trinajstić information content (AvgIpc) is 2.24. The van der Waals surface area contributed by atoms with Crippen molar-refractivity contribution >= 4 is 11.9 Å². The number of alkyl halides is 3. The minimum Gasteiger partial charge on any atom is -0.444 e. The average molecular weight is 281 g/mol. The third-order valence-corrected chi connectivity index (χ3v) is 2.80. The monoisotopic (exact) mass is 281 g/mol. The molecule has 0 N–H and O–H groups in total. The molecule has 1 rings (SSSR count). The number of ketones is 1. The maximum Gasteiger partial charge on any atom is 0.450 e. The lowest BCUT2D eigenvalue weighted by atomic mass is 9.92. The van der Waals surface area contributed by atoms with Gasteiger partial charge in [0.15, 0.2) is 0 Å². The SMILES string of the molecule is CC(C)(C)OC(=O)N1CCC(C(=O)C(F)(F)F)CC1. The maximum atomic E-state index is 12.3. The number of nitrogens with zero attached hydrogens (tertiary/aromatic N) is 1. The van der Waals surface area contributed by atoms with Gasteiger partial charge in [0.1, 0.15) is 5.60 Å². The molecule has 1 fully saturated rings. The highest BCUT2D eigenvalue weighted by molar-refractivity contribution is 5.86. The molecule has 1 saturated heterocycles. The van der Waals surface area contributed by atoms with Crippen LogP contribution < -0.4 is 0 Å². The Balaban J connectivity index is 2.50. The predicted molar refractivity (Wildman–Crippen MR) is 61.6 cm³/mol. The molecule has 0 bridgehead atoms. The zero-order chi connectivity index (χ0) is 14.8. The van der Waals surface area contributed by atoms with E-state index in [4.69, 9.17) is 4.74 Å². The van der Waals surface area contributed by atoms with Crippen LogP contribution in [-0.4, -0.2) is 41.6 Å². The van der Waals surface area contributed by atoms with E-state index in [1.165, 1.54) is 4.90 Å². The Labute approximate surface area is 109 Å². The van der Waals surface area contributed by atoms with Crippen molar-refractivity contribution in [2.45, 2.75) is 45.4 Å². The molecular formula is C12H18F3NO3. The highest BCUT2D eigenvalue weighted by Gasteiger charge is 2.44. The van der Waals surface area contributed by atoms with Gasteiger partial charge in [-0.2, -0.15) is 13.2 Å². The van der Waals surface area contributed by atoms with Crippen LogP contribution in [0.3, 0.4) is 0 Å². The van der Waals surface area contributed by atoms with Gasteiger partial charge < -0.3 is 9.64 Å². The van der Waals surface area contributed by atoms with Crippen molar-refractivity contribution in [3.8, 4) is 0 Å². The Morgan fingerprint density at radius 2 is 1.58 bits per heavy atom. The first-order valence-corrected chi connectivity index (χ1v) is 6.09. The van der Waals surface area contributed by atoms with Gasteiger partial charge in [0.05, 0.1) is 0 Å². The molecule has 1 aliphatic rings. The van der Waals surface area contributed by atoms with Gasteiger partial charge in [0.25, 0.3) is 0 Å². The molecule has 0 aromatic carbocycles. The minimum absolute atomic E-state index is 0.0254. The van der Waals surface area contributed by atoms with Gasteiger partial charge in [0.2, 0.25) is 5.78 Å². The van der Waals surface area contributed by atoms with Crippen LogP contribution >= 0.6 is 0 Å². The number of hydrogen-bond acceptors (Lipinski definition) is 3. The summed E-state index contributed by atoms with van der Waals surface area (Å²) in [4.78, 5) is 24.1. The van der Waals surface area contributed by atoms with Crippen molar-refractivity contribution in [3.63, 3.8) is 0 Å². The fourth-order valence-corrected chi connectivity index (χ4v) is 1.88. The van der Waals surface area contributed by atoms with E-state index in [0.29, 0.717) is 0 Å². The van der Waals surface area contributed by atoms with E-state index in [1.54, 1.807) is 20.8 Å². The van der Waals surface area contributed by atoms with E-state index in [-0.39, 0.29) is 25.9 Å². The van der Waals surface area contributed by atoms with Crippen LogP contribution in [-0.2, 0) is 9.53 Å². The molecule has 1 aliphatic heterocycles. The third kappa shape index (κ3) is 4.72. The zero-order valence-corrected chi connectivity index (χ0v) is 11.2. The van der Waals surface area contributed by atoms with Crippen molar-refractivity contribution in [2.75, 3.05) is 13.1 Å². The first kappa shape index (κ1) is 15.8. The molecule has 0 unspecified atom stereocenters. The number of Topliss-reactive ketones (excluding diaryl/α,β-unsaturated/α-hetero) is 1. The van der Waals surface area contributed by atoms with Gasteiger partial charge in [-0.15, -0.1) is 0 Å². The van der Waals surface area contributed by atoms with Crippen molar-refractivity contribution < 1.29 is 27.5 Å². The standard InChI is InChI=1S/C12H18F3NO3/c1-11(2,3)19-10(18)16-6-4-8(5-7-16)9(17)12(13,14)15/h8H,4-7H2,1-3H3. The molecule has 0 aromatic rings. The summed E-state index contributed by atoms with van der Waals surface area (Å²) in [5.74, 6) is -2.74. The van der Waals surface area contributed by atoms with Crippen LogP contribution in [0.5, 0.6) is 0 Å². The zero-order valence-electron chi connectivity index (χ0n) is 11.2. The highest BCUT2D eigenvalue weighted by Crippen LogP contribution is 2.28. The number of hydrogen-bond donors (Lipinski definition) is 0. The number of carbonyl (C=O) groups excluding carboxylic acids is 2. The summed E-state index contributed by atoms with van der Waals surface area (Å²) >= 11 is 0. The second-order valence-electron chi connectivity index (χ2n) is 5.60. The lowest BCUT2D eigenvalue weighted by Crippen LogP contribution is -2.44. The van der Waals surface area contributed by atoms with Gasteiger partial charge >= 0.3 is 12.3 Å². The predicted octanol–water partition coefficient (Wildman–Crippen LogP) is 2.76. The molecule has 7 heteroatoms. The van der Waals surface area contributed by atoms with Crippen LogP contribution in [0, 0.1) is 5.92 Å². The van der Waals surface area contributed by atoms with Gasteiger partial charge in [0, 0.05) is 19.0 Å². The van der Waals surface area contributed by atoms with Gasteiger partial charge in [-0.3, -0.25) is 4.79 Å². The first-order valence-electron chi connectivity index (χ1n) is 6.09. The fourth-order valence-electron chi connectivity index (χ4n) is 1.88. The second kappa shape index (κ2) is 5.38. The van der Waals surface area contributed by atoms with E-state index in [0.717, 1.165) is 0 Å². The number of likely N-dealkylation sites (tertiary alicyclic amines) is 1. The van der Waals surface area contributed by atoms with Crippen LogP contribution in [0.2, 0.25) is 0 Å². The lowest BCUT2D eigenvalue weighted by Gasteiger charge is -2.33. The Bertz CT molecular complexity index is 352. The van der Waals surface area contributed by atoms with Crippen molar-refractivity contribution in [1.82, 2.24) is 4.90 Å². The summed E-state index contributed by atoms with van der Waals surface area (Å²) in [6.07, 6.45) is -5.29. The van der Waals surface area contributed by atoms with E-state index in [2.05, 4.69) is 0 Å². The minimum atomic E-state index is -4.79. The van der Waals surface area contributed by atoms with Crippen LogP contribution in [0.4, 0.5) is 18.0 Å². The normalized spacial score (nSPS) is 18.3. The molecular weight excluding hydrogens is 263 g/mol. The van der Waals surface area contributed by atoms with Crippen molar-refractivity contribution in [1.29, 1.82) is 0 Å². The molecule has 0 spiro atoms. The first-order chi connectivity index (χ1) is 8.50. The number of ether oxygens (including phenoxy) is 1. The lowest BCUT2D eigenvalue weighted by molar-refractivity contribution is -0.176. The number of rotatable bonds is 1. The molecule has 1 amide bonds. The summed E-state index contributed by atoms with van der Waals surface area (Å²) < 4.78 is 41.9. The van der Waals surface area contributed by atoms with Crippen molar-refractivity contribution in [2.24, 2.45) is 5.92 Å². The molecule has 4 nitrogen and oxygen atoms in total. The highest BCUT2D eigenvalue weighted by atomic mass is 19.4. The Hall–Kier alpha value is -1.27. The Kier molecular flexibility index (Phi) is 4.47. The van der Waals surface area contributed by atoms with Crippen LogP contribution in [0.1, 0.15) is 33.6 Å². The largest absolute Gasteiger partial charge is 0.450 e. The second-order valence-corrected chi connectivity index (χ2v) is 5.60. The molecule has 0 atom stereocenters. The molecule has 0 radical (unpaired) electrons. The maximum absolute atomic E-state index is 12.3. The number of carbonyl (C=O) groups is 2. The number of piperidine rings is 1. The summed E-state index contributed by atoms with van der Waals surface area (Å²) in [6, 6.07) is 0. The van der Waals surface area contributed by atoms with Crippen LogP contribution in [0.15, 0.2) is 0 Å². The Morgan fingerprint density at radius 3 is 1.95 bits per heavy atom. The van der Waals surface area contributed by atoms with E-state index in [9.17, 15) is 22.8 Å². The molecule has 110 valence electrons. The quantitative estimate of drug-likeness (QED) is 0.742. The Morgan fingerprint density at radius 1 is 1.11 bits per heavy atom. The molecule has 0 aromatic heterocycles. The molecule has 1 heterocycles. The van der Waals surface area contributed by atoms with Crippen LogP contribution in [0.25, 0.3) is 0 Å². The molecule has 0 saturated carbocycles. The fraction of sp³-hybridized carbons (Fsp3) is 0.833. The van der Waals surface area contributed by atoms with Gasteiger partial charge in [-0.05, 0) is 33.6 Å². The van der Waals surface area contributed by atoms with Crippen molar-refractivity contribution in [3.05, 3.63) is 0 Å². The summed E-state index contributed by atoms with van der Waals surface area (Å²) in [5.41, 5.74) is -0.643.